The van der Waals surface area contributed by atoms with Gasteiger partial charge < -0.3 is 9.47 Å². The van der Waals surface area contributed by atoms with E-state index in [4.69, 9.17) is 14.4 Å². The van der Waals surface area contributed by atoms with Crippen LogP contribution in [0, 0.1) is 0 Å². The van der Waals surface area contributed by atoms with Gasteiger partial charge >= 0.3 is 5.97 Å². The highest BCUT2D eigenvalue weighted by molar-refractivity contribution is 5.81. The van der Waals surface area contributed by atoms with Gasteiger partial charge in [-0.05, 0) is 12.1 Å². The Morgan fingerprint density at radius 3 is 2.88 bits per heavy atom. The first kappa shape index (κ1) is 11.5. The molecule has 5 nitrogen and oxygen atoms in total. The third kappa shape index (κ3) is 4.56. The normalized spacial score (nSPS) is 17.8. The van der Waals surface area contributed by atoms with Crippen molar-refractivity contribution in [2.24, 2.45) is 0 Å². The molecule has 0 spiro atoms. The second-order valence-corrected chi connectivity index (χ2v) is 3.39. The Morgan fingerprint density at radius 1 is 1.41 bits per heavy atom. The third-order valence-corrected chi connectivity index (χ3v) is 1.95. The number of carbonyl (C=O) groups excluding carboxylic acids is 1. The fraction of sp³-hybridized carbons (Fsp3) is 0.250. The van der Waals surface area contributed by atoms with Crippen molar-refractivity contribution in [3.63, 3.8) is 0 Å². The molecule has 2 rings (SSSR count). The summed E-state index contributed by atoms with van der Waals surface area (Å²) in [5.74, 6) is -0.174. The Balaban J connectivity index is 1.62. The van der Waals surface area contributed by atoms with Crippen molar-refractivity contribution < 1.29 is 24.0 Å². The fourth-order valence-electron chi connectivity index (χ4n) is 1.02. The van der Waals surface area contributed by atoms with Gasteiger partial charge in [-0.1, -0.05) is 18.2 Å². The van der Waals surface area contributed by atoms with Gasteiger partial charge in [-0.2, -0.15) is 0 Å². The molecule has 0 N–H and O–H groups in total. The van der Waals surface area contributed by atoms with E-state index in [-0.39, 0.29) is 6.10 Å². The Kier molecular flexibility index (Phi) is 3.99. The van der Waals surface area contributed by atoms with Crippen molar-refractivity contribution in [3.8, 4) is 5.75 Å². The molecule has 0 bridgehead atoms. The molecule has 1 unspecified atom stereocenters. The van der Waals surface area contributed by atoms with Gasteiger partial charge in [-0.25, -0.2) is 9.68 Å². The van der Waals surface area contributed by atoms with E-state index in [9.17, 15) is 4.79 Å². The van der Waals surface area contributed by atoms with Gasteiger partial charge in [0.2, 0.25) is 0 Å². The predicted molar refractivity (Wildman–Crippen MR) is 58.0 cm³/mol. The highest BCUT2D eigenvalue weighted by Gasteiger charge is 2.22. The summed E-state index contributed by atoms with van der Waals surface area (Å²) in [7, 11) is 0. The zero-order valence-electron chi connectivity index (χ0n) is 9.07. The minimum Gasteiger partial charge on any atom is -0.498 e. The number of rotatable bonds is 6. The summed E-state index contributed by atoms with van der Waals surface area (Å²) in [5, 5.41) is 0. The first-order chi connectivity index (χ1) is 8.34. The van der Waals surface area contributed by atoms with Crippen LogP contribution in [0.2, 0.25) is 0 Å². The monoisotopic (exact) mass is 236 g/mol. The van der Waals surface area contributed by atoms with E-state index in [0.717, 1.165) is 12.7 Å². The van der Waals surface area contributed by atoms with Crippen LogP contribution < -0.4 is 4.89 Å². The van der Waals surface area contributed by atoms with Crippen LogP contribution in [0.15, 0.2) is 42.7 Å². The SMILES string of the molecule is O=C(C=COCC1CO1)OOc1ccccc1. The Labute approximate surface area is 98.5 Å². The maximum absolute atomic E-state index is 11.1. The molecule has 0 saturated carbocycles. The zero-order chi connectivity index (χ0) is 11.9. The number of hydrogen-bond donors (Lipinski definition) is 0. The van der Waals surface area contributed by atoms with E-state index in [1.165, 1.54) is 6.26 Å². The number of benzene rings is 1. The summed E-state index contributed by atoms with van der Waals surface area (Å²) in [5.41, 5.74) is 0. The second kappa shape index (κ2) is 5.91. The molecule has 5 heteroatoms. The predicted octanol–water partition coefficient (Wildman–Crippen LogP) is 1.45. The molecule has 1 atom stereocenters. The molecule has 0 amide bonds. The summed E-state index contributed by atoms with van der Waals surface area (Å²) in [6.45, 7) is 1.17. The molecule has 90 valence electrons. The Bertz CT molecular complexity index is 383. The van der Waals surface area contributed by atoms with E-state index in [0.29, 0.717) is 12.4 Å². The third-order valence-electron chi connectivity index (χ3n) is 1.95. The standard InChI is InChI=1S/C12H12O5/c13-12(6-7-14-8-11-9-15-11)17-16-10-4-2-1-3-5-10/h1-7,11H,8-9H2. The lowest BCUT2D eigenvalue weighted by Gasteiger charge is -2.01. The molecular weight excluding hydrogens is 224 g/mol. The van der Waals surface area contributed by atoms with Gasteiger partial charge in [0, 0.05) is 0 Å². The summed E-state index contributed by atoms with van der Waals surface area (Å²) < 4.78 is 9.94. The van der Waals surface area contributed by atoms with E-state index in [1.807, 2.05) is 6.07 Å². The number of epoxide rings is 1. The number of ether oxygens (including phenoxy) is 2. The van der Waals surface area contributed by atoms with Crippen molar-refractivity contribution in [2.45, 2.75) is 6.10 Å². The minimum absolute atomic E-state index is 0.163. The van der Waals surface area contributed by atoms with Crippen LogP contribution >= 0.6 is 0 Å². The Hall–Kier alpha value is -2.01. The number of hydrogen-bond acceptors (Lipinski definition) is 5. The molecule has 1 aliphatic heterocycles. The number of carbonyl (C=O) groups is 1. The molecule has 0 aromatic heterocycles. The zero-order valence-corrected chi connectivity index (χ0v) is 9.07. The molecule has 1 fully saturated rings. The van der Waals surface area contributed by atoms with Crippen LogP contribution in [0.1, 0.15) is 0 Å². The Morgan fingerprint density at radius 2 is 2.18 bits per heavy atom. The van der Waals surface area contributed by atoms with Gasteiger partial charge in [0.25, 0.3) is 0 Å². The second-order valence-electron chi connectivity index (χ2n) is 3.39. The van der Waals surface area contributed by atoms with Crippen LogP contribution in [-0.2, 0) is 19.2 Å². The summed E-state index contributed by atoms with van der Waals surface area (Å²) in [6.07, 6.45) is 2.57. The lowest BCUT2D eigenvalue weighted by atomic mass is 10.3. The van der Waals surface area contributed by atoms with Gasteiger partial charge in [0.1, 0.15) is 12.7 Å². The van der Waals surface area contributed by atoms with E-state index >= 15 is 0 Å². The molecule has 1 aromatic carbocycles. The molecule has 0 aliphatic carbocycles. The smallest absolute Gasteiger partial charge is 0.382 e. The maximum Gasteiger partial charge on any atom is 0.382 e. The van der Waals surface area contributed by atoms with Crippen LogP contribution in [0.5, 0.6) is 5.75 Å². The lowest BCUT2D eigenvalue weighted by molar-refractivity contribution is -0.207. The average molecular weight is 236 g/mol. The molecule has 1 aliphatic rings. The van der Waals surface area contributed by atoms with Gasteiger partial charge in [-0.15, -0.1) is 0 Å². The van der Waals surface area contributed by atoms with Gasteiger partial charge in [0.05, 0.1) is 18.9 Å². The van der Waals surface area contributed by atoms with E-state index < -0.39 is 5.97 Å². The molecule has 1 heterocycles. The highest BCUT2D eigenvalue weighted by Crippen LogP contribution is 2.09. The maximum atomic E-state index is 11.1. The van der Waals surface area contributed by atoms with Crippen LogP contribution in [0.4, 0.5) is 0 Å². The molecule has 0 radical (unpaired) electrons. The van der Waals surface area contributed by atoms with E-state index in [2.05, 4.69) is 4.89 Å². The summed E-state index contributed by atoms with van der Waals surface area (Å²) in [4.78, 5) is 20.4. The topological polar surface area (TPSA) is 57.3 Å². The van der Waals surface area contributed by atoms with Gasteiger partial charge in [-0.3, -0.25) is 4.89 Å². The quantitative estimate of drug-likeness (QED) is 0.246. The van der Waals surface area contributed by atoms with Crippen molar-refractivity contribution >= 4 is 5.97 Å². The van der Waals surface area contributed by atoms with Crippen molar-refractivity contribution in [3.05, 3.63) is 42.7 Å². The number of para-hydroxylation sites is 1. The minimum atomic E-state index is -0.634. The summed E-state index contributed by atoms with van der Waals surface area (Å²) in [6, 6.07) is 8.74. The van der Waals surface area contributed by atoms with Gasteiger partial charge in [0.15, 0.2) is 5.75 Å². The van der Waals surface area contributed by atoms with Crippen LogP contribution in [0.3, 0.4) is 0 Å². The van der Waals surface area contributed by atoms with E-state index in [1.54, 1.807) is 24.3 Å². The first-order valence-electron chi connectivity index (χ1n) is 5.18. The molecule has 1 saturated heterocycles. The average Bonchev–Trinajstić information content (AvgIpc) is 3.17. The highest BCUT2D eigenvalue weighted by atomic mass is 17.2. The van der Waals surface area contributed by atoms with Crippen LogP contribution in [0.25, 0.3) is 0 Å². The largest absolute Gasteiger partial charge is 0.498 e. The summed E-state index contributed by atoms with van der Waals surface area (Å²) >= 11 is 0. The van der Waals surface area contributed by atoms with Crippen molar-refractivity contribution in [1.29, 1.82) is 0 Å². The van der Waals surface area contributed by atoms with Crippen LogP contribution in [-0.4, -0.2) is 25.3 Å². The van der Waals surface area contributed by atoms with Crippen molar-refractivity contribution in [1.82, 2.24) is 0 Å². The molecule has 17 heavy (non-hydrogen) atoms. The fourth-order valence-corrected chi connectivity index (χ4v) is 1.02. The van der Waals surface area contributed by atoms with Crippen molar-refractivity contribution in [2.75, 3.05) is 13.2 Å². The molecule has 1 aromatic rings. The lowest BCUT2D eigenvalue weighted by Crippen LogP contribution is -2.05. The molecular formula is C12H12O5. The first-order valence-corrected chi connectivity index (χ1v) is 5.18.